The van der Waals surface area contributed by atoms with Crippen LogP contribution in [0.3, 0.4) is 0 Å². The number of nitrogens with zero attached hydrogens (tertiary/aromatic N) is 2. The number of aromatic nitrogens is 2. The Bertz CT molecular complexity index is 2120. The van der Waals surface area contributed by atoms with E-state index in [0.29, 0.717) is 0 Å². The van der Waals surface area contributed by atoms with Crippen LogP contribution in [0.1, 0.15) is 43.0 Å². The average Bonchev–Trinajstić information content (AvgIpc) is 3.06. The molecule has 47 heavy (non-hydrogen) atoms. The minimum atomic E-state index is 0. The van der Waals surface area contributed by atoms with Crippen LogP contribution in [0.5, 0.6) is 0 Å². The molecule has 7 aromatic rings. The Morgan fingerprint density at radius 3 is 1.94 bits per heavy atom. The topological polar surface area (TPSA) is 25.8 Å². The van der Waals surface area contributed by atoms with Gasteiger partial charge in [0.05, 0.1) is 0 Å². The summed E-state index contributed by atoms with van der Waals surface area (Å²) >= 11 is 0. The molecule has 7 rings (SSSR count). The van der Waals surface area contributed by atoms with Crippen molar-refractivity contribution in [2.24, 2.45) is 5.41 Å². The van der Waals surface area contributed by atoms with E-state index in [1.165, 1.54) is 54.9 Å². The Morgan fingerprint density at radius 2 is 1.28 bits per heavy atom. The molecule has 0 unspecified atom stereocenters. The van der Waals surface area contributed by atoms with Gasteiger partial charge in [-0.25, -0.2) is 0 Å². The van der Waals surface area contributed by atoms with Crippen molar-refractivity contribution in [1.29, 1.82) is 0 Å². The minimum Gasteiger partial charge on any atom is -0.305 e. The summed E-state index contributed by atoms with van der Waals surface area (Å²) in [4.78, 5) is 9.01. The Morgan fingerprint density at radius 1 is 0.617 bits per heavy atom. The number of hydrogen-bond donors (Lipinski definition) is 0. The largest absolute Gasteiger partial charge is 0.305 e. The molecule has 0 bridgehead atoms. The van der Waals surface area contributed by atoms with E-state index in [1.54, 1.807) is 0 Å². The fraction of sp³-hybridized carbons (Fsp3) is 0.182. The quantitative estimate of drug-likeness (QED) is 0.131. The maximum atomic E-state index is 4.60. The predicted molar refractivity (Wildman–Crippen MR) is 195 cm³/mol. The van der Waals surface area contributed by atoms with Crippen LogP contribution in [-0.2, 0) is 26.5 Å². The summed E-state index contributed by atoms with van der Waals surface area (Å²) in [6, 6.07) is 45.3. The van der Waals surface area contributed by atoms with Gasteiger partial charge in [0.1, 0.15) is 0 Å². The molecule has 0 fully saturated rings. The zero-order valence-corrected chi connectivity index (χ0v) is 30.4. The van der Waals surface area contributed by atoms with Gasteiger partial charge < -0.3 is 9.97 Å². The van der Waals surface area contributed by atoms with Gasteiger partial charge in [0.25, 0.3) is 0 Å². The molecule has 0 atom stereocenters. The van der Waals surface area contributed by atoms with Crippen LogP contribution < -0.4 is 0 Å². The average molecular weight is 789 g/mol. The van der Waals surface area contributed by atoms with Crippen LogP contribution in [0, 0.1) is 38.3 Å². The summed E-state index contributed by atoms with van der Waals surface area (Å²) in [5.74, 6) is 0. The molecule has 0 amide bonds. The first-order chi connectivity index (χ1) is 22.1. The number of hydrogen-bond acceptors (Lipinski definition) is 2. The summed E-state index contributed by atoms with van der Waals surface area (Å²) in [5.41, 5.74) is 11.8. The molecule has 237 valence electrons. The zero-order valence-electron chi connectivity index (χ0n) is 28.0. The van der Waals surface area contributed by atoms with Gasteiger partial charge in [-0.3, -0.25) is 0 Å². The maximum Gasteiger partial charge on any atom is 0.0192 e. The normalized spacial score (nSPS) is 11.1. The third kappa shape index (κ3) is 8.11. The van der Waals surface area contributed by atoms with Crippen LogP contribution in [0.15, 0.2) is 122 Å². The molecule has 0 aliphatic heterocycles. The standard InChI is InChI=1S/C30H26N.C14H14N.Ir/c1-30(2,3)20-21-16-17-31-29(18-21)23-14-12-22(13-15-23)28-19-24-8-4-5-9-25(24)26-10-6-7-11-27(26)28;1-10-4-6-13(7-5-10)14-8-11(2)12(3)9-15-14;/h4-14,16-19H,20H2,1-3H3;4-6,8-9H,1-3H3;/q2*-1;. The third-order valence-corrected chi connectivity index (χ3v) is 8.34. The molecule has 2 nitrogen and oxygen atoms in total. The van der Waals surface area contributed by atoms with Crippen molar-refractivity contribution in [3.63, 3.8) is 0 Å². The van der Waals surface area contributed by atoms with Crippen LogP contribution in [0.4, 0.5) is 0 Å². The molecular formula is C44H40IrN2-2. The van der Waals surface area contributed by atoms with E-state index >= 15 is 0 Å². The van der Waals surface area contributed by atoms with Crippen molar-refractivity contribution in [2.45, 2.75) is 48.0 Å². The van der Waals surface area contributed by atoms with E-state index in [2.05, 4.69) is 167 Å². The second-order valence-electron chi connectivity index (χ2n) is 13.4. The van der Waals surface area contributed by atoms with E-state index in [1.807, 2.05) is 18.5 Å². The molecule has 0 aliphatic carbocycles. The van der Waals surface area contributed by atoms with E-state index in [0.717, 1.165) is 28.9 Å². The molecule has 3 heteroatoms. The number of fused-ring (bicyclic) bond motifs is 3. The molecule has 2 heterocycles. The molecular weight excluding hydrogens is 749 g/mol. The summed E-state index contributed by atoms with van der Waals surface area (Å²) in [6.07, 6.45) is 4.86. The summed E-state index contributed by atoms with van der Waals surface area (Å²) in [5, 5.41) is 5.11. The van der Waals surface area contributed by atoms with Crippen molar-refractivity contribution >= 4 is 21.5 Å². The van der Waals surface area contributed by atoms with Gasteiger partial charge in [-0.1, -0.05) is 117 Å². The van der Waals surface area contributed by atoms with Crippen molar-refractivity contribution in [3.8, 4) is 33.6 Å². The summed E-state index contributed by atoms with van der Waals surface area (Å²) in [6.45, 7) is 13.0. The van der Waals surface area contributed by atoms with Gasteiger partial charge in [-0.2, -0.15) is 0 Å². The Kier molecular flexibility index (Phi) is 10.5. The van der Waals surface area contributed by atoms with Crippen molar-refractivity contribution in [3.05, 3.63) is 156 Å². The Labute approximate surface area is 293 Å². The van der Waals surface area contributed by atoms with E-state index in [9.17, 15) is 0 Å². The molecule has 5 aromatic carbocycles. The zero-order chi connectivity index (χ0) is 32.3. The number of rotatable bonds is 4. The molecule has 0 aliphatic rings. The predicted octanol–water partition coefficient (Wildman–Crippen LogP) is 11.6. The van der Waals surface area contributed by atoms with E-state index < -0.39 is 0 Å². The first-order valence-electron chi connectivity index (χ1n) is 15.9. The Balaban J connectivity index is 0.000000228. The van der Waals surface area contributed by atoms with Crippen LogP contribution in [0.2, 0.25) is 0 Å². The van der Waals surface area contributed by atoms with E-state index in [4.69, 9.17) is 0 Å². The first-order valence-corrected chi connectivity index (χ1v) is 15.9. The molecule has 0 saturated heterocycles. The first kappa shape index (κ1) is 33.9. The monoisotopic (exact) mass is 789 g/mol. The van der Waals surface area contributed by atoms with Gasteiger partial charge in [-0.05, 0) is 70.2 Å². The van der Waals surface area contributed by atoms with Crippen molar-refractivity contribution in [2.75, 3.05) is 0 Å². The molecule has 1 radical (unpaired) electrons. The summed E-state index contributed by atoms with van der Waals surface area (Å²) in [7, 11) is 0. The second kappa shape index (κ2) is 14.6. The molecule has 0 saturated carbocycles. The van der Waals surface area contributed by atoms with Crippen LogP contribution in [-0.4, -0.2) is 9.97 Å². The van der Waals surface area contributed by atoms with Gasteiger partial charge >= 0.3 is 0 Å². The molecule has 0 spiro atoms. The van der Waals surface area contributed by atoms with Gasteiger partial charge in [0.15, 0.2) is 0 Å². The van der Waals surface area contributed by atoms with Crippen molar-refractivity contribution in [1.82, 2.24) is 9.97 Å². The molecule has 0 N–H and O–H groups in total. The third-order valence-electron chi connectivity index (χ3n) is 8.34. The number of aryl methyl sites for hydroxylation is 3. The fourth-order valence-corrected chi connectivity index (χ4v) is 5.82. The fourth-order valence-electron chi connectivity index (χ4n) is 5.82. The van der Waals surface area contributed by atoms with Gasteiger partial charge in [-0.15, -0.1) is 65.2 Å². The van der Waals surface area contributed by atoms with Crippen LogP contribution in [0.25, 0.3) is 55.2 Å². The van der Waals surface area contributed by atoms with Gasteiger partial charge in [0, 0.05) is 32.5 Å². The SMILES string of the molecule is CC(C)(C)Cc1ccnc(-c2[c-]cc(-c3cc4ccccc4c4ccccc34)cc2)c1.Cc1c[c-]c(-c2cc(C)c(C)cn2)cc1.[Ir]. The van der Waals surface area contributed by atoms with Gasteiger partial charge in [0.2, 0.25) is 0 Å². The number of pyridine rings is 2. The molecule has 2 aromatic heterocycles. The number of benzene rings is 5. The Hall–Kier alpha value is -4.43. The van der Waals surface area contributed by atoms with E-state index in [-0.39, 0.29) is 25.5 Å². The van der Waals surface area contributed by atoms with Crippen LogP contribution >= 0.6 is 0 Å². The van der Waals surface area contributed by atoms with Crippen molar-refractivity contribution < 1.29 is 20.1 Å². The minimum absolute atomic E-state index is 0. The smallest absolute Gasteiger partial charge is 0.0192 e. The second-order valence-corrected chi connectivity index (χ2v) is 13.4. The maximum absolute atomic E-state index is 4.60. The summed E-state index contributed by atoms with van der Waals surface area (Å²) < 4.78 is 0.